The summed E-state index contributed by atoms with van der Waals surface area (Å²) >= 11 is 2.90. The van der Waals surface area contributed by atoms with E-state index in [0.29, 0.717) is 16.3 Å². The summed E-state index contributed by atoms with van der Waals surface area (Å²) in [5, 5.41) is 6.05. The highest BCUT2D eigenvalue weighted by Gasteiger charge is 2.29. The molecule has 1 atom stereocenters. The van der Waals surface area contributed by atoms with Crippen LogP contribution >= 0.6 is 23.1 Å². The first kappa shape index (κ1) is 29.6. The van der Waals surface area contributed by atoms with E-state index in [1.165, 1.54) is 36.6 Å². The highest BCUT2D eigenvalue weighted by molar-refractivity contribution is 8.00. The highest BCUT2D eigenvalue weighted by Crippen LogP contribution is 2.41. The lowest BCUT2D eigenvalue weighted by Crippen LogP contribution is -2.20. The molecule has 1 unspecified atom stereocenters. The number of thiophene rings is 1. The van der Waals surface area contributed by atoms with E-state index in [0.717, 1.165) is 58.6 Å². The van der Waals surface area contributed by atoms with E-state index in [9.17, 15) is 14.4 Å². The predicted molar refractivity (Wildman–Crippen MR) is 170 cm³/mol. The van der Waals surface area contributed by atoms with Gasteiger partial charge in [0.25, 0.3) is 0 Å². The van der Waals surface area contributed by atoms with Crippen LogP contribution in [0.4, 0.5) is 10.7 Å². The number of carbonyl (C=O) groups is 3. The second kappa shape index (κ2) is 14.3. The van der Waals surface area contributed by atoms with Crippen molar-refractivity contribution in [3.8, 4) is 0 Å². The largest absolute Gasteiger partial charge is 0.465 e. The second-order valence-corrected chi connectivity index (χ2v) is 12.5. The van der Waals surface area contributed by atoms with Gasteiger partial charge in [-0.1, -0.05) is 79.6 Å². The van der Waals surface area contributed by atoms with Gasteiger partial charge in [0, 0.05) is 15.5 Å². The fourth-order valence-corrected chi connectivity index (χ4v) is 7.54. The molecule has 4 aromatic rings. The van der Waals surface area contributed by atoms with E-state index in [-0.39, 0.29) is 18.2 Å². The lowest BCUT2D eigenvalue weighted by molar-refractivity contribution is -0.116. The Morgan fingerprint density at radius 2 is 1.57 bits per heavy atom. The Hall–Kier alpha value is -3.88. The van der Waals surface area contributed by atoms with E-state index in [4.69, 9.17) is 4.74 Å². The summed E-state index contributed by atoms with van der Waals surface area (Å²) < 4.78 is 5.15. The summed E-state index contributed by atoms with van der Waals surface area (Å²) in [5.41, 5.74) is 3.96. The number of benzene rings is 3. The number of hydrogen-bond acceptors (Lipinski definition) is 6. The van der Waals surface area contributed by atoms with Gasteiger partial charge >= 0.3 is 5.97 Å². The van der Waals surface area contributed by atoms with Crippen LogP contribution in [0.3, 0.4) is 0 Å². The van der Waals surface area contributed by atoms with Crippen molar-refractivity contribution >= 4 is 51.6 Å². The number of esters is 1. The first-order chi connectivity index (χ1) is 20.5. The lowest BCUT2D eigenvalue weighted by atomic mass is 9.96. The zero-order valence-corrected chi connectivity index (χ0v) is 25.2. The molecule has 216 valence electrons. The molecule has 0 fully saturated rings. The SMILES string of the molecule is COC(=O)c1c(NC(=O)C(Sc2cccc(NC(=O)Cc3ccccc3)c2)c2ccccc2)sc2c1CCCCCC2. The van der Waals surface area contributed by atoms with Gasteiger partial charge in [0.15, 0.2) is 0 Å². The number of rotatable bonds is 9. The van der Waals surface area contributed by atoms with Crippen LogP contribution in [0.1, 0.15) is 62.9 Å². The third-order valence-corrected chi connectivity index (χ3v) is 9.67. The Morgan fingerprint density at radius 1 is 0.857 bits per heavy atom. The Bertz CT molecular complexity index is 1540. The van der Waals surface area contributed by atoms with Crippen LogP contribution < -0.4 is 10.6 Å². The average molecular weight is 599 g/mol. The van der Waals surface area contributed by atoms with Crippen molar-refractivity contribution in [2.45, 2.75) is 55.1 Å². The van der Waals surface area contributed by atoms with Crippen LogP contribution in [0.15, 0.2) is 89.8 Å². The predicted octanol–water partition coefficient (Wildman–Crippen LogP) is 7.85. The molecule has 0 bridgehead atoms. The van der Waals surface area contributed by atoms with E-state index >= 15 is 0 Å². The summed E-state index contributed by atoms with van der Waals surface area (Å²) in [5.74, 6) is -0.736. The van der Waals surface area contributed by atoms with Crippen molar-refractivity contribution < 1.29 is 19.1 Å². The maximum atomic E-state index is 13.9. The van der Waals surface area contributed by atoms with Crippen molar-refractivity contribution in [1.29, 1.82) is 0 Å². The molecule has 1 heterocycles. The average Bonchev–Trinajstić information content (AvgIpc) is 3.31. The van der Waals surface area contributed by atoms with Crippen LogP contribution in [0.2, 0.25) is 0 Å². The first-order valence-electron chi connectivity index (χ1n) is 14.2. The molecule has 42 heavy (non-hydrogen) atoms. The van der Waals surface area contributed by atoms with E-state index in [1.807, 2.05) is 84.9 Å². The molecule has 1 aliphatic carbocycles. The lowest BCUT2D eigenvalue weighted by Gasteiger charge is -2.18. The number of methoxy groups -OCH3 is 1. The molecular formula is C34H34N2O4S2. The minimum atomic E-state index is -0.586. The fourth-order valence-electron chi connectivity index (χ4n) is 5.17. The zero-order valence-electron chi connectivity index (χ0n) is 23.6. The van der Waals surface area contributed by atoms with Crippen molar-refractivity contribution in [3.63, 3.8) is 0 Å². The summed E-state index contributed by atoms with van der Waals surface area (Å²) in [6, 6.07) is 26.7. The number of aryl methyl sites for hydroxylation is 1. The van der Waals surface area contributed by atoms with Crippen LogP contribution in [0, 0.1) is 0 Å². The van der Waals surface area contributed by atoms with Gasteiger partial charge in [-0.25, -0.2) is 4.79 Å². The highest BCUT2D eigenvalue weighted by atomic mass is 32.2. The third kappa shape index (κ3) is 7.49. The van der Waals surface area contributed by atoms with E-state index in [2.05, 4.69) is 10.6 Å². The van der Waals surface area contributed by atoms with Crippen LogP contribution in [-0.4, -0.2) is 24.9 Å². The van der Waals surface area contributed by atoms with Gasteiger partial charge in [-0.3, -0.25) is 9.59 Å². The summed E-state index contributed by atoms with van der Waals surface area (Å²) in [6.45, 7) is 0. The number of anilines is 2. The Morgan fingerprint density at radius 3 is 2.31 bits per heavy atom. The first-order valence-corrected chi connectivity index (χ1v) is 15.9. The van der Waals surface area contributed by atoms with Crippen molar-refractivity contribution in [2.24, 2.45) is 0 Å². The molecule has 0 saturated heterocycles. The fraction of sp³-hybridized carbons (Fsp3) is 0.265. The number of nitrogens with one attached hydrogen (secondary N) is 2. The molecular weight excluding hydrogens is 565 g/mol. The molecule has 0 spiro atoms. The summed E-state index contributed by atoms with van der Waals surface area (Å²) in [6.07, 6.45) is 6.39. The van der Waals surface area contributed by atoms with Gasteiger partial charge in [0.1, 0.15) is 10.3 Å². The van der Waals surface area contributed by atoms with Crippen molar-refractivity contribution in [1.82, 2.24) is 0 Å². The number of hydrogen-bond donors (Lipinski definition) is 2. The van der Waals surface area contributed by atoms with Crippen LogP contribution in [0.5, 0.6) is 0 Å². The maximum absolute atomic E-state index is 13.9. The normalized spacial score (nSPS) is 13.6. The molecule has 0 radical (unpaired) electrons. The number of ether oxygens (including phenoxy) is 1. The standard InChI is InChI=1S/C34H34N2O4S2/c1-40-34(39)30-27-19-10-2-3-11-20-28(27)42-33(30)36-32(38)31(24-15-8-5-9-16-24)41-26-18-12-17-25(22-26)35-29(37)21-23-13-6-4-7-14-23/h4-9,12-18,22,31H,2-3,10-11,19-21H2,1H3,(H,35,37)(H,36,38). The minimum absolute atomic E-state index is 0.107. The maximum Gasteiger partial charge on any atom is 0.341 e. The molecule has 0 saturated carbocycles. The van der Waals surface area contributed by atoms with Gasteiger partial charge < -0.3 is 15.4 Å². The van der Waals surface area contributed by atoms with Gasteiger partial charge in [-0.15, -0.1) is 23.1 Å². The van der Waals surface area contributed by atoms with E-state index < -0.39 is 11.2 Å². The van der Waals surface area contributed by atoms with Crippen molar-refractivity contribution in [3.05, 3.63) is 112 Å². The summed E-state index contributed by atoms with van der Waals surface area (Å²) in [7, 11) is 1.38. The Labute approximate surface area is 254 Å². The van der Waals surface area contributed by atoms with Gasteiger partial charge in [-0.2, -0.15) is 0 Å². The van der Waals surface area contributed by atoms with E-state index in [1.54, 1.807) is 0 Å². The van der Waals surface area contributed by atoms with Gasteiger partial charge in [0.05, 0.1) is 19.1 Å². The quantitative estimate of drug-likeness (QED) is 0.151. The van der Waals surface area contributed by atoms with Gasteiger partial charge in [0.2, 0.25) is 11.8 Å². The molecule has 2 N–H and O–H groups in total. The van der Waals surface area contributed by atoms with Gasteiger partial charge in [-0.05, 0) is 60.6 Å². The zero-order chi connectivity index (χ0) is 29.3. The van der Waals surface area contributed by atoms with Crippen LogP contribution in [-0.2, 0) is 33.6 Å². The molecule has 6 nitrogen and oxygen atoms in total. The molecule has 5 rings (SSSR count). The molecule has 1 aromatic heterocycles. The molecule has 1 aliphatic rings. The van der Waals surface area contributed by atoms with Crippen LogP contribution in [0.25, 0.3) is 0 Å². The molecule has 2 amide bonds. The number of carbonyl (C=O) groups excluding carboxylic acids is 3. The Balaban J connectivity index is 1.38. The Kier molecular flexibility index (Phi) is 10.1. The smallest absolute Gasteiger partial charge is 0.341 e. The molecule has 0 aliphatic heterocycles. The number of thioether (sulfide) groups is 1. The second-order valence-electron chi connectivity index (χ2n) is 10.2. The molecule has 8 heteroatoms. The molecule has 3 aromatic carbocycles. The summed E-state index contributed by atoms with van der Waals surface area (Å²) in [4.78, 5) is 41.5. The number of amides is 2. The van der Waals surface area contributed by atoms with Crippen molar-refractivity contribution in [2.75, 3.05) is 17.7 Å². The monoisotopic (exact) mass is 598 g/mol. The minimum Gasteiger partial charge on any atom is -0.465 e. The number of fused-ring (bicyclic) bond motifs is 1. The topological polar surface area (TPSA) is 84.5 Å². The third-order valence-electron chi connectivity index (χ3n) is 7.22.